The van der Waals surface area contributed by atoms with Crippen molar-refractivity contribution in [3.05, 3.63) is 81.7 Å². The quantitative estimate of drug-likeness (QED) is 0.332. The van der Waals surface area contributed by atoms with E-state index in [1.807, 2.05) is 44.3 Å². The fourth-order valence-electron chi connectivity index (χ4n) is 6.37. The van der Waals surface area contributed by atoms with Gasteiger partial charge in [0.25, 0.3) is 0 Å². The minimum atomic E-state index is -0.485. The number of rotatable bonds is 5. The number of carbonyl (C=O) groups is 1. The van der Waals surface area contributed by atoms with E-state index in [-0.39, 0.29) is 12.0 Å². The largest absolute Gasteiger partial charge is 0.444 e. The number of ether oxygens (including phenoxy) is 1. The zero-order chi connectivity index (χ0) is 27.7. The van der Waals surface area contributed by atoms with Crippen molar-refractivity contribution in [2.45, 2.75) is 90.7 Å². The maximum absolute atomic E-state index is 12.7. The zero-order valence-electron chi connectivity index (χ0n) is 23.9. The monoisotopic (exact) mass is 548 g/mol. The Morgan fingerprint density at radius 1 is 1.10 bits per heavy atom. The van der Waals surface area contributed by atoms with Crippen LogP contribution in [0.5, 0.6) is 0 Å². The van der Waals surface area contributed by atoms with Crippen LogP contribution in [0.25, 0.3) is 0 Å². The molecule has 2 aliphatic rings. The molecule has 1 saturated heterocycles. The van der Waals surface area contributed by atoms with Gasteiger partial charge >= 0.3 is 6.09 Å². The van der Waals surface area contributed by atoms with Crippen LogP contribution in [-0.2, 0) is 17.7 Å². The lowest BCUT2D eigenvalue weighted by molar-refractivity contribution is 0.0178. The molecule has 7 heteroatoms. The molecule has 2 unspecified atom stereocenters. The van der Waals surface area contributed by atoms with Gasteiger partial charge in [0, 0.05) is 42.5 Å². The Morgan fingerprint density at radius 2 is 1.87 bits per heavy atom. The lowest BCUT2D eigenvalue weighted by Gasteiger charge is -2.37. The van der Waals surface area contributed by atoms with E-state index in [1.54, 1.807) is 0 Å². The lowest BCUT2D eigenvalue weighted by Crippen LogP contribution is -2.42. The molecule has 0 saturated carbocycles. The van der Waals surface area contributed by atoms with Crippen LogP contribution in [0.1, 0.15) is 92.1 Å². The molecule has 1 amide bonds. The van der Waals surface area contributed by atoms with Crippen molar-refractivity contribution in [3.63, 3.8) is 0 Å². The van der Waals surface area contributed by atoms with Crippen molar-refractivity contribution in [1.29, 1.82) is 0 Å². The second kappa shape index (κ2) is 11.3. The summed E-state index contributed by atoms with van der Waals surface area (Å²) in [6, 6.07) is 10.8. The molecule has 6 nitrogen and oxygen atoms in total. The van der Waals surface area contributed by atoms with Crippen LogP contribution in [0.2, 0.25) is 5.02 Å². The molecular formula is C32H41ClN4O2. The molecule has 5 rings (SSSR count). The van der Waals surface area contributed by atoms with E-state index >= 15 is 0 Å². The van der Waals surface area contributed by atoms with Gasteiger partial charge in [-0.1, -0.05) is 23.7 Å². The van der Waals surface area contributed by atoms with Gasteiger partial charge in [-0.25, -0.2) is 9.78 Å². The van der Waals surface area contributed by atoms with Gasteiger partial charge in [-0.2, -0.15) is 0 Å². The first-order chi connectivity index (χ1) is 18.6. The van der Waals surface area contributed by atoms with Crippen molar-refractivity contribution in [3.8, 4) is 0 Å². The summed E-state index contributed by atoms with van der Waals surface area (Å²) >= 11 is 6.55. The van der Waals surface area contributed by atoms with Gasteiger partial charge in [-0.3, -0.25) is 4.98 Å². The average Bonchev–Trinajstić information content (AvgIpc) is 3.14. The number of carbonyl (C=O) groups excluding carboxylic acids is 1. The maximum atomic E-state index is 12.7. The van der Waals surface area contributed by atoms with Gasteiger partial charge in [-0.15, -0.1) is 0 Å². The van der Waals surface area contributed by atoms with Crippen LogP contribution in [0.3, 0.4) is 0 Å². The molecule has 1 aliphatic heterocycles. The van der Waals surface area contributed by atoms with Gasteiger partial charge in [0.15, 0.2) is 0 Å². The number of imidazole rings is 1. The van der Waals surface area contributed by atoms with Gasteiger partial charge in [0.2, 0.25) is 0 Å². The number of likely N-dealkylation sites (tertiary alicyclic amines) is 1. The third kappa shape index (κ3) is 6.16. The van der Waals surface area contributed by atoms with E-state index in [2.05, 4.69) is 47.7 Å². The molecule has 0 bridgehead atoms. The molecule has 2 aromatic heterocycles. The standard InChI is InChI=1S/C32H41ClN4O2/c1-21-22(2)37(20-35-21)15-7-8-24-18-25-19-26(33)10-11-27(25)29(30-28(24)9-6-14-34-30)23-12-16-36(17-13-23)31(38)39-32(3,4)5/h6,9-11,14,19-20,23-24,29H,7-8,12-13,15-18H2,1-5H3. The van der Waals surface area contributed by atoms with Gasteiger partial charge in [-0.05, 0) is 113 Å². The number of nitrogens with zero attached hydrogens (tertiary/aromatic N) is 4. The molecule has 1 aromatic carbocycles. The minimum Gasteiger partial charge on any atom is -0.444 e. The second-order valence-electron chi connectivity index (χ2n) is 12.3. The fourth-order valence-corrected chi connectivity index (χ4v) is 6.56. The number of piperidine rings is 1. The molecule has 0 radical (unpaired) electrons. The number of pyridine rings is 1. The Morgan fingerprint density at radius 3 is 2.56 bits per heavy atom. The van der Waals surface area contributed by atoms with Crippen molar-refractivity contribution in [2.24, 2.45) is 5.92 Å². The summed E-state index contributed by atoms with van der Waals surface area (Å²) in [5.41, 5.74) is 7.10. The summed E-state index contributed by atoms with van der Waals surface area (Å²) in [7, 11) is 0. The average molecular weight is 549 g/mol. The van der Waals surface area contributed by atoms with Crippen LogP contribution in [0.15, 0.2) is 42.9 Å². The van der Waals surface area contributed by atoms with Gasteiger partial charge in [0.1, 0.15) is 5.60 Å². The van der Waals surface area contributed by atoms with E-state index in [9.17, 15) is 4.79 Å². The fraction of sp³-hybridized carbons (Fsp3) is 0.531. The second-order valence-corrected chi connectivity index (χ2v) is 12.7. The third-order valence-corrected chi connectivity index (χ3v) is 8.71. The van der Waals surface area contributed by atoms with Crippen molar-refractivity contribution < 1.29 is 9.53 Å². The molecule has 0 N–H and O–H groups in total. The minimum absolute atomic E-state index is 0.192. The molecule has 208 valence electrons. The van der Waals surface area contributed by atoms with Crippen molar-refractivity contribution in [1.82, 2.24) is 19.4 Å². The molecular weight excluding hydrogens is 508 g/mol. The first-order valence-electron chi connectivity index (χ1n) is 14.3. The summed E-state index contributed by atoms with van der Waals surface area (Å²) in [4.78, 5) is 24.1. The topological polar surface area (TPSA) is 60.2 Å². The van der Waals surface area contributed by atoms with E-state index in [4.69, 9.17) is 21.3 Å². The summed E-state index contributed by atoms with van der Waals surface area (Å²) in [6.07, 6.45) is 8.65. The van der Waals surface area contributed by atoms with Gasteiger partial charge < -0.3 is 14.2 Å². The van der Waals surface area contributed by atoms with Crippen LogP contribution < -0.4 is 0 Å². The number of aryl methyl sites for hydroxylation is 2. The number of halogens is 1. The molecule has 2 atom stereocenters. The molecule has 39 heavy (non-hydrogen) atoms. The van der Waals surface area contributed by atoms with Crippen LogP contribution in [-0.4, -0.2) is 44.2 Å². The Hall–Kier alpha value is -2.86. The number of aromatic nitrogens is 3. The SMILES string of the molecule is Cc1ncn(CCCC2Cc3cc(Cl)ccc3C(C3CCN(C(=O)OC(C)(C)C)CC3)c3ncccc32)c1C. The normalized spacial score (nSPS) is 19.8. The zero-order valence-corrected chi connectivity index (χ0v) is 24.7. The Labute approximate surface area is 237 Å². The Bertz CT molecular complexity index is 1320. The van der Waals surface area contributed by atoms with Crippen LogP contribution in [0, 0.1) is 19.8 Å². The smallest absolute Gasteiger partial charge is 0.410 e. The maximum Gasteiger partial charge on any atom is 0.410 e. The van der Waals surface area contributed by atoms with Crippen LogP contribution >= 0.6 is 11.6 Å². The third-order valence-electron chi connectivity index (χ3n) is 8.47. The first kappa shape index (κ1) is 27.7. The number of amides is 1. The highest BCUT2D eigenvalue weighted by Crippen LogP contribution is 2.46. The van der Waals surface area contributed by atoms with E-state index < -0.39 is 5.60 Å². The summed E-state index contributed by atoms with van der Waals surface area (Å²) in [5.74, 6) is 0.966. The molecule has 3 aromatic rings. The van der Waals surface area contributed by atoms with Gasteiger partial charge in [0.05, 0.1) is 17.7 Å². The Balaban J connectivity index is 1.40. The number of hydrogen-bond acceptors (Lipinski definition) is 4. The number of fused-ring (bicyclic) bond motifs is 2. The summed E-state index contributed by atoms with van der Waals surface area (Å²) < 4.78 is 7.92. The Kier molecular flexibility index (Phi) is 8.04. The number of hydrogen-bond donors (Lipinski definition) is 0. The lowest BCUT2D eigenvalue weighted by atomic mass is 9.76. The predicted molar refractivity (Wildman–Crippen MR) is 155 cm³/mol. The van der Waals surface area contributed by atoms with Crippen molar-refractivity contribution in [2.75, 3.05) is 13.1 Å². The predicted octanol–water partition coefficient (Wildman–Crippen LogP) is 7.45. The highest BCUT2D eigenvalue weighted by atomic mass is 35.5. The van der Waals surface area contributed by atoms with Crippen LogP contribution in [0.4, 0.5) is 4.79 Å². The highest BCUT2D eigenvalue weighted by molar-refractivity contribution is 6.30. The first-order valence-corrected chi connectivity index (χ1v) is 14.7. The van der Waals surface area contributed by atoms with E-state index in [0.717, 1.165) is 49.4 Å². The highest BCUT2D eigenvalue weighted by Gasteiger charge is 2.37. The summed E-state index contributed by atoms with van der Waals surface area (Å²) in [5, 5.41) is 0.787. The molecule has 1 aliphatic carbocycles. The van der Waals surface area contributed by atoms with E-state index in [0.29, 0.717) is 24.9 Å². The molecule has 1 fully saturated rings. The summed E-state index contributed by atoms with van der Waals surface area (Å²) in [6.45, 7) is 12.3. The molecule has 0 spiro atoms. The van der Waals surface area contributed by atoms with E-state index in [1.165, 1.54) is 28.1 Å². The number of benzene rings is 1. The molecule has 3 heterocycles. The van der Waals surface area contributed by atoms with Crippen molar-refractivity contribution >= 4 is 17.7 Å².